The third-order valence-electron chi connectivity index (χ3n) is 5.04. The number of nitrogens with two attached hydrogens (primary N) is 1. The van der Waals surface area contributed by atoms with Crippen molar-refractivity contribution in [3.05, 3.63) is 41.0 Å². The maximum Gasteiger partial charge on any atom is 0.235 e. The topological polar surface area (TPSA) is 118 Å². The van der Waals surface area contributed by atoms with Gasteiger partial charge in [-0.1, -0.05) is 11.6 Å². The lowest BCUT2D eigenvalue weighted by Crippen LogP contribution is -2.35. The summed E-state index contributed by atoms with van der Waals surface area (Å²) in [6.45, 7) is 1.96. The largest absolute Gasteiger partial charge is 0.508 e. The van der Waals surface area contributed by atoms with E-state index in [1.54, 1.807) is 16.5 Å². The summed E-state index contributed by atoms with van der Waals surface area (Å²) in [6.07, 6.45) is 3.41. The van der Waals surface area contributed by atoms with Crippen molar-refractivity contribution in [3.8, 4) is 16.9 Å². The Balaban J connectivity index is 1.73. The van der Waals surface area contributed by atoms with Crippen LogP contribution in [0.25, 0.3) is 16.8 Å². The van der Waals surface area contributed by atoms with E-state index in [9.17, 15) is 9.90 Å². The van der Waals surface area contributed by atoms with Crippen molar-refractivity contribution in [2.24, 2.45) is 11.7 Å². The summed E-state index contributed by atoms with van der Waals surface area (Å²) in [5.41, 5.74) is 8.86. The number of aromatic hydroxyl groups is 1. The molecule has 0 saturated carbocycles. The number of amides is 1. The van der Waals surface area contributed by atoms with Crippen molar-refractivity contribution in [2.45, 2.75) is 19.4 Å². The fourth-order valence-corrected chi connectivity index (χ4v) is 3.77. The molecule has 5 N–H and O–H groups in total. The number of carbonyl (C=O) groups excluding carboxylic acids is 1. The molecule has 1 fully saturated rings. The van der Waals surface area contributed by atoms with E-state index in [-0.39, 0.29) is 24.1 Å². The van der Waals surface area contributed by atoms with Gasteiger partial charge in [-0.2, -0.15) is 0 Å². The molecule has 0 spiro atoms. The maximum atomic E-state index is 12.6. The Hall–Kier alpha value is -2.68. The van der Waals surface area contributed by atoms with Gasteiger partial charge >= 0.3 is 0 Å². The number of phenols is 1. The number of nitrogens with zero attached hydrogens (tertiary/aromatic N) is 3. The van der Waals surface area contributed by atoms with Crippen molar-refractivity contribution in [1.82, 2.24) is 19.9 Å². The summed E-state index contributed by atoms with van der Waals surface area (Å²) in [6, 6.07) is 6.60. The second kappa shape index (κ2) is 7.75. The van der Waals surface area contributed by atoms with Gasteiger partial charge < -0.3 is 16.2 Å². The normalized spacial score (nSPS) is 15.1. The summed E-state index contributed by atoms with van der Waals surface area (Å²) in [7, 11) is 0. The van der Waals surface area contributed by atoms with Gasteiger partial charge in [0, 0.05) is 29.8 Å². The molecule has 1 aliphatic rings. The van der Waals surface area contributed by atoms with Gasteiger partial charge in [-0.25, -0.2) is 0 Å². The number of nitrogens with one attached hydrogen (secondary N) is 2. The zero-order valence-corrected chi connectivity index (χ0v) is 15.9. The highest BCUT2D eigenvalue weighted by atomic mass is 35.5. The molecule has 4 rings (SSSR count). The van der Waals surface area contributed by atoms with E-state index in [0.717, 1.165) is 42.6 Å². The van der Waals surface area contributed by atoms with E-state index in [1.165, 1.54) is 6.07 Å². The first-order chi connectivity index (χ1) is 13.6. The number of anilines is 1. The number of pyridine rings is 1. The number of fused-ring (bicyclic) bond motifs is 1. The van der Waals surface area contributed by atoms with Crippen molar-refractivity contribution >= 4 is 29.1 Å². The highest BCUT2D eigenvalue weighted by Gasteiger charge is 2.23. The van der Waals surface area contributed by atoms with Gasteiger partial charge in [0.25, 0.3) is 0 Å². The number of piperidine rings is 1. The van der Waals surface area contributed by atoms with Crippen LogP contribution in [-0.4, -0.2) is 38.7 Å². The number of halogens is 1. The van der Waals surface area contributed by atoms with Crippen molar-refractivity contribution in [3.63, 3.8) is 0 Å². The predicted octanol–water partition coefficient (Wildman–Crippen LogP) is 2.15. The van der Waals surface area contributed by atoms with Crippen LogP contribution in [0.5, 0.6) is 5.75 Å². The second-order valence-corrected chi connectivity index (χ2v) is 7.25. The minimum absolute atomic E-state index is 0.0390. The molecule has 0 bridgehead atoms. The molecule has 9 heteroatoms. The number of carbonyl (C=O) groups is 1. The van der Waals surface area contributed by atoms with Crippen LogP contribution in [0.1, 0.15) is 18.4 Å². The highest BCUT2D eigenvalue weighted by Crippen LogP contribution is 2.33. The van der Waals surface area contributed by atoms with Gasteiger partial charge in [0.1, 0.15) is 5.75 Å². The fourth-order valence-electron chi connectivity index (χ4n) is 3.49. The Morgan fingerprint density at radius 1 is 1.29 bits per heavy atom. The van der Waals surface area contributed by atoms with Crippen molar-refractivity contribution in [1.29, 1.82) is 0 Å². The zero-order chi connectivity index (χ0) is 19.7. The van der Waals surface area contributed by atoms with Gasteiger partial charge in [0.2, 0.25) is 11.9 Å². The summed E-state index contributed by atoms with van der Waals surface area (Å²) >= 11 is 6.33. The van der Waals surface area contributed by atoms with Crippen LogP contribution in [-0.2, 0) is 11.3 Å². The van der Waals surface area contributed by atoms with E-state index >= 15 is 0 Å². The second-order valence-electron chi connectivity index (χ2n) is 6.85. The van der Waals surface area contributed by atoms with Crippen LogP contribution < -0.4 is 16.4 Å². The van der Waals surface area contributed by atoms with E-state index in [4.69, 9.17) is 17.3 Å². The number of phenolic OH excluding ortho intramolecular Hbond substituents is 1. The molecule has 1 saturated heterocycles. The summed E-state index contributed by atoms with van der Waals surface area (Å²) in [4.78, 5) is 12.6. The number of rotatable bonds is 4. The lowest BCUT2D eigenvalue weighted by atomic mass is 9.97. The third kappa shape index (κ3) is 3.54. The Morgan fingerprint density at radius 2 is 2.07 bits per heavy atom. The molecule has 146 valence electrons. The molecule has 1 amide bonds. The van der Waals surface area contributed by atoms with Gasteiger partial charge in [-0.05, 0) is 55.8 Å². The minimum Gasteiger partial charge on any atom is -0.508 e. The van der Waals surface area contributed by atoms with E-state index < -0.39 is 0 Å². The number of benzene rings is 1. The number of aromatic nitrogens is 3. The van der Waals surface area contributed by atoms with E-state index in [2.05, 4.69) is 20.8 Å². The van der Waals surface area contributed by atoms with Gasteiger partial charge in [-0.3, -0.25) is 14.5 Å². The highest BCUT2D eigenvalue weighted by molar-refractivity contribution is 6.33. The standard InChI is InChI=1S/C19H21ClN6O2/c20-16-8-13(27)1-2-14(16)15-10-26-17(7-12(15)9-21)24-25-19(26)23-18(28)11-3-5-22-6-4-11/h1-2,7-8,10-11,22,27H,3-6,9,21H2,(H,23,25,28). The first-order valence-corrected chi connectivity index (χ1v) is 9.53. The lowest BCUT2D eigenvalue weighted by Gasteiger charge is -2.21. The molecule has 0 unspecified atom stereocenters. The SMILES string of the molecule is NCc1cc2nnc(NC(=O)C3CCNCC3)n2cc1-c1ccc(O)cc1Cl. The average Bonchev–Trinajstić information content (AvgIpc) is 3.09. The molecule has 0 atom stereocenters. The summed E-state index contributed by atoms with van der Waals surface area (Å²) in [5.74, 6) is 0.354. The molecular formula is C19H21ClN6O2. The van der Waals surface area contributed by atoms with Gasteiger partial charge in [0.05, 0.1) is 5.02 Å². The monoisotopic (exact) mass is 400 g/mol. The lowest BCUT2D eigenvalue weighted by molar-refractivity contribution is -0.120. The van der Waals surface area contributed by atoms with Crippen LogP contribution in [0, 0.1) is 5.92 Å². The summed E-state index contributed by atoms with van der Waals surface area (Å²) < 4.78 is 1.72. The van der Waals surface area contributed by atoms with Gasteiger partial charge in [0.15, 0.2) is 5.65 Å². The van der Waals surface area contributed by atoms with Crippen LogP contribution in [0.2, 0.25) is 5.02 Å². The summed E-state index contributed by atoms with van der Waals surface area (Å²) in [5, 5.41) is 24.5. The number of hydrogen-bond acceptors (Lipinski definition) is 6. The predicted molar refractivity (Wildman–Crippen MR) is 107 cm³/mol. The van der Waals surface area contributed by atoms with Crippen LogP contribution in [0.4, 0.5) is 5.95 Å². The molecule has 0 aliphatic carbocycles. The Morgan fingerprint density at radius 3 is 2.79 bits per heavy atom. The van der Waals surface area contributed by atoms with E-state index in [1.807, 2.05) is 12.3 Å². The molecule has 28 heavy (non-hydrogen) atoms. The molecule has 1 aliphatic heterocycles. The average molecular weight is 401 g/mol. The zero-order valence-electron chi connectivity index (χ0n) is 15.2. The molecule has 3 aromatic rings. The third-order valence-corrected chi connectivity index (χ3v) is 5.35. The van der Waals surface area contributed by atoms with Crippen LogP contribution >= 0.6 is 11.6 Å². The van der Waals surface area contributed by atoms with Crippen LogP contribution in [0.3, 0.4) is 0 Å². The smallest absolute Gasteiger partial charge is 0.235 e. The Kier molecular flexibility index (Phi) is 5.17. The molecule has 3 heterocycles. The van der Waals surface area contributed by atoms with Crippen molar-refractivity contribution in [2.75, 3.05) is 18.4 Å². The fraction of sp³-hybridized carbons (Fsp3) is 0.316. The maximum absolute atomic E-state index is 12.6. The quantitative estimate of drug-likeness (QED) is 0.533. The first kappa shape index (κ1) is 18.7. The van der Waals surface area contributed by atoms with Gasteiger partial charge in [-0.15, -0.1) is 10.2 Å². The van der Waals surface area contributed by atoms with Crippen molar-refractivity contribution < 1.29 is 9.90 Å². The molecule has 8 nitrogen and oxygen atoms in total. The Bertz CT molecular complexity index is 1030. The van der Waals surface area contributed by atoms with Crippen LogP contribution in [0.15, 0.2) is 30.5 Å². The molecule has 2 aromatic heterocycles. The molecule has 1 aromatic carbocycles. The Labute approximate surface area is 166 Å². The minimum atomic E-state index is -0.0529. The van der Waals surface area contributed by atoms with E-state index in [0.29, 0.717) is 16.6 Å². The first-order valence-electron chi connectivity index (χ1n) is 9.15. The molecular weight excluding hydrogens is 380 g/mol. The number of hydrogen-bond donors (Lipinski definition) is 4. The molecule has 0 radical (unpaired) electrons.